The largest absolute Gasteiger partial charge is 0.496 e. The van der Waals surface area contributed by atoms with Gasteiger partial charge in [0.1, 0.15) is 5.75 Å². The molecule has 0 radical (unpaired) electrons. The van der Waals surface area contributed by atoms with Gasteiger partial charge in [-0.3, -0.25) is 0 Å². The lowest BCUT2D eigenvalue weighted by Crippen LogP contribution is -1.92. The van der Waals surface area contributed by atoms with Crippen molar-refractivity contribution in [1.82, 2.24) is 0 Å². The predicted octanol–water partition coefficient (Wildman–Crippen LogP) is 5.13. The van der Waals surface area contributed by atoms with E-state index in [9.17, 15) is 0 Å². The number of ether oxygens (including phenoxy) is 1. The molecule has 20 heavy (non-hydrogen) atoms. The normalized spacial score (nSPS) is 10.8. The van der Waals surface area contributed by atoms with Gasteiger partial charge < -0.3 is 4.74 Å². The number of rotatable bonds is 2. The monoisotopic (exact) mass is 262 g/mol. The maximum Gasteiger partial charge on any atom is 0.126 e. The maximum absolute atomic E-state index is 5.56. The van der Waals surface area contributed by atoms with Crippen molar-refractivity contribution in [2.75, 3.05) is 7.11 Å². The molecule has 0 atom stereocenters. The van der Waals surface area contributed by atoms with Gasteiger partial charge in [-0.15, -0.1) is 0 Å². The molecule has 0 fully saturated rings. The molecule has 0 amide bonds. The smallest absolute Gasteiger partial charge is 0.126 e. The van der Waals surface area contributed by atoms with Gasteiger partial charge in [-0.25, -0.2) is 0 Å². The molecule has 0 aliphatic carbocycles. The lowest BCUT2D eigenvalue weighted by Gasteiger charge is -2.14. The van der Waals surface area contributed by atoms with Crippen molar-refractivity contribution in [2.45, 2.75) is 13.8 Å². The Kier molecular flexibility index (Phi) is 3.19. The zero-order valence-corrected chi connectivity index (χ0v) is 12.1. The lowest BCUT2D eigenvalue weighted by atomic mass is 9.93. The van der Waals surface area contributed by atoms with E-state index in [2.05, 4.69) is 56.3 Å². The Morgan fingerprint density at radius 2 is 1.35 bits per heavy atom. The average molecular weight is 262 g/mol. The first-order chi connectivity index (χ1) is 9.72. The Hall–Kier alpha value is -2.28. The molecule has 0 spiro atoms. The standard InChI is InChI=1S/C19H18O/c1-13-7-4-10-16-15(13)9-6-11-17(16)19-14(2)8-5-12-18(19)20-3/h4-12H,1-3H3. The fourth-order valence-corrected chi connectivity index (χ4v) is 2.84. The van der Waals surface area contributed by atoms with Crippen LogP contribution in [0, 0.1) is 13.8 Å². The highest BCUT2D eigenvalue weighted by atomic mass is 16.5. The van der Waals surface area contributed by atoms with Gasteiger partial charge in [-0.1, -0.05) is 48.5 Å². The number of hydrogen-bond acceptors (Lipinski definition) is 1. The zero-order chi connectivity index (χ0) is 14.1. The van der Waals surface area contributed by atoms with Crippen LogP contribution < -0.4 is 4.74 Å². The number of fused-ring (bicyclic) bond motifs is 1. The number of methoxy groups -OCH3 is 1. The SMILES string of the molecule is COc1cccc(C)c1-c1cccc2c(C)cccc12. The molecule has 1 nitrogen and oxygen atoms in total. The first kappa shape index (κ1) is 12.7. The van der Waals surface area contributed by atoms with Gasteiger partial charge in [0, 0.05) is 5.56 Å². The summed E-state index contributed by atoms with van der Waals surface area (Å²) in [5.74, 6) is 0.930. The van der Waals surface area contributed by atoms with Gasteiger partial charge in [0.2, 0.25) is 0 Å². The molecule has 0 saturated carbocycles. The van der Waals surface area contributed by atoms with E-state index in [4.69, 9.17) is 4.74 Å². The Bertz CT molecular complexity index is 772. The van der Waals surface area contributed by atoms with Gasteiger partial charge in [0.25, 0.3) is 0 Å². The fourth-order valence-electron chi connectivity index (χ4n) is 2.84. The highest BCUT2D eigenvalue weighted by molar-refractivity contribution is 6.00. The van der Waals surface area contributed by atoms with Crippen LogP contribution in [0.5, 0.6) is 5.75 Å². The van der Waals surface area contributed by atoms with Crippen molar-refractivity contribution in [1.29, 1.82) is 0 Å². The van der Waals surface area contributed by atoms with E-state index in [0.717, 1.165) is 5.75 Å². The van der Waals surface area contributed by atoms with Gasteiger partial charge in [-0.2, -0.15) is 0 Å². The average Bonchev–Trinajstić information content (AvgIpc) is 2.47. The molecule has 3 rings (SSSR count). The summed E-state index contributed by atoms with van der Waals surface area (Å²) in [5.41, 5.74) is 4.96. The molecule has 0 saturated heterocycles. The second kappa shape index (κ2) is 5.01. The third kappa shape index (κ3) is 1.96. The quantitative estimate of drug-likeness (QED) is 0.622. The summed E-state index contributed by atoms with van der Waals surface area (Å²) in [4.78, 5) is 0. The van der Waals surface area contributed by atoms with Crippen LogP contribution >= 0.6 is 0 Å². The summed E-state index contributed by atoms with van der Waals surface area (Å²) in [7, 11) is 1.73. The summed E-state index contributed by atoms with van der Waals surface area (Å²) in [6.07, 6.45) is 0. The van der Waals surface area contributed by atoms with Crippen LogP contribution in [-0.2, 0) is 0 Å². The third-order valence-electron chi connectivity index (χ3n) is 3.86. The molecular weight excluding hydrogens is 244 g/mol. The molecule has 0 aliphatic rings. The number of aryl methyl sites for hydroxylation is 2. The van der Waals surface area contributed by atoms with E-state index in [1.165, 1.54) is 33.0 Å². The first-order valence-corrected chi connectivity index (χ1v) is 6.84. The topological polar surface area (TPSA) is 9.23 Å². The van der Waals surface area contributed by atoms with E-state index in [-0.39, 0.29) is 0 Å². The summed E-state index contributed by atoms with van der Waals surface area (Å²) >= 11 is 0. The zero-order valence-electron chi connectivity index (χ0n) is 12.1. The van der Waals surface area contributed by atoms with Crippen molar-refractivity contribution in [3.8, 4) is 16.9 Å². The van der Waals surface area contributed by atoms with E-state index < -0.39 is 0 Å². The molecular formula is C19H18O. The van der Waals surface area contributed by atoms with Crippen LogP contribution in [0.1, 0.15) is 11.1 Å². The maximum atomic E-state index is 5.56. The molecule has 0 unspecified atom stereocenters. The molecule has 0 aliphatic heterocycles. The second-order valence-electron chi connectivity index (χ2n) is 5.13. The van der Waals surface area contributed by atoms with Crippen molar-refractivity contribution >= 4 is 10.8 Å². The van der Waals surface area contributed by atoms with E-state index >= 15 is 0 Å². The van der Waals surface area contributed by atoms with Gasteiger partial charge >= 0.3 is 0 Å². The first-order valence-electron chi connectivity index (χ1n) is 6.84. The minimum absolute atomic E-state index is 0.930. The van der Waals surface area contributed by atoms with Crippen molar-refractivity contribution in [2.24, 2.45) is 0 Å². The van der Waals surface area contributed by atoms with Crippen molar-refractivity contribution in [3.05, 3.63) is 65.7 Å². The van der Waals surface area contributed by atoms with Gasteiger partial charge in [0.05, 0.1) is 7.11 Å². The van der Waals surface area contributed by atoms with E-state index in [0.29, 0.717) is 0 Å². The van der Waals surface area contributed by atoms with Crippen LogP contribution in [0.15, 0.2) is 54.6 Å². The Morgan fingerprint density at radius 3 is 2.15 bits per heavy atom. The molecule has 3 aromatic rings. The summed E-state index contributed by atoms with van der Waals surface area (Å²) in [6, 6.07) is 19.1. The van der Waals surface area contributed by atoms with Crippen molar-refractivity contribution < 1.29 is 4.74 Å². The van der Waals surface area contributed by atoms with Crippen LogP contribution in [-0.4, -0.2) is 7.11 Å². The molecule has 3 aromatic carbocycles. The number of benzene rings is 3. The molecule has 0 aromatic heterocycles. The van der Waals surface area contributed by atoms with E-state index in [1.54, 1.807) is 7.11 Å². The van der Waals surface area contributed by atoms with Crippen molar-refractivity contribution in [3.63, 3.8) is 0 Å². The molecule has 100 valence electrons. The predicted molar refractivity (Wildman–Crippen MR) is 85.4 cm³/mol. The highest BCUT2D eigenvalue weighted by Gasteiger charge is 2.12. The number of hydrogen-bond donors (Lipinski definition) is 0. The summed E-state index contributed by atoms with van der Waals surface area (Å²) in [6.45, 7) is 4.29. The Balaban J connectivity index is 2.39. The minimum Gasteiger partial charge on any atom is -0.496 e. The fraction of sp³-hybridized carbons (Fsp3) is 0.158. The molecule has 1 heteroatoms. The summed E-state index contributed by atoms with van der Waals surface area (Å²) in [5, 5.41) is 2.58. The van der Waals surface area contributed by atoms with Crippen LogP contribution in [0.25, 0.3) is 21.9 Å². The van der Waals surface area contributed by atoms with Gasteiger partial charge in [-0.05, 0) is 47.4 Å². The second-order valence-corrected chi connectivity index (χ2v) is 5.13. The van der Waals surface area contributed by atoms with Gasteiger partial charge in [0.15, 0.2) is 0 Å². The van der Waals surface area contributed by atoms with Crippen LogP contribution in [0.2, 0.25) is 0 Å². The van der Waals surface area contributed by atoms with E-state index in [1.807, 2.05) is 12.1 Å². The molecule has 0 bridgehead atoms. The lowest BCUT2D eigenvalue weighted by molar-refractivity contribution is 0.416. The minimum atomic E-state index is 0.930. The highest BCUT2D eigenvalue weighted by Crippen LogP contribution is 2.37. The third-order valence-corrected chi connectivity index (χ3v) is 3.86. The van der Waals surface area contributed by atoms with Crippen LogP contribution in [0.4, 0.5) is 0 Å². The Morgan fingerprint density at radius 1 is 0.700 bits per heavy atom. The van der Waals surface area contributed by atoms with Crippen LogP contribution in [0.3, 0.4) is 0 Å². The Labute approximate surface area is 119 Å². The molecule has 0 heterocycles. The summed E-state index contributed by atoms with van der Waals surface area (Å²) < 4.78 is 5.56. The molecule has 0 N–H and O–H groups in total.